The van der Waals surface area contributed by atoms with E-state index in [1.807, 2.05) is 0 Å². The molecule has 1 saturated heterocycles. The average Bonchev–Trinajstić information content (AvgIpc) is 2.50. The Morgan fingerprint density at radius 1 is 1.33 bits per heavy atom. The van der Waals surface area contributed by atoms with Crippen molar-refractivity contribution in [1.82, 2.24) is 15.1 Å². The molecule has 0 radical (unpaired) electrons. The van der Waals surface area contributed by atoms with Crippen LogP contribution in [0.1, 0.15) is 6.92 Å². The molecule has 1 fully saturated rings. The molecule has 1 aromatic rings. The van der Waals surface area contributed by atoms with Crippen molar-refractivity contribution in [2.45, 2.75) is 6.92 Å². The van der Waals surface area contributed by atoms with Crippen molar-refractivity contribution in [1.29, 1.82) is 0 Å². The van der Waals surface area contributed by atoms with Gasteiger partial charge in [0.1, 0.15) is 5.82 Å². The minimum Gasteiger partial charge on any atom is -0.450 e. The first-order valence-corrected chi connectivity index (χ1v) is 7.09. The molecule has 2 rings (SSSR count). The third-order valence-corrected chi connectivity index (χ3v) is 3.01. The second kappa shape index (κ2) is 8.38. The van der Waals surface area contributed by atoms with Gasteiger partial charge in [0.2, 0.25) is 0 Å². The highest BCUT2D eigenvalue weighted by atomic mass is 16.5. The van der Waals surface area contributed by atoms with Gasteiger partial charge in [0.15, 0.2) is 5.82 Å². The largest absolute Gasteiger partial charge is 0.450 e. The zero-order chi connectivity index (χ0) is 14.9. The van der Waals surface area contributed by atoms with Gasteiger partial charge in [0, 0.05) is 26.2 Å². The van der Waals surface area contributed by atoms with Crippen LogP contribution in [0.15, 0.2) is 12.1 Å². The van der Waals surface area contributed by atoms with Crippen LogP contribution in [-0.2, 0) is 9.47 Å². The molecule has 1 amide bonds. The molecule has 1 aromatic heterocycles. The van der Waals surface area contributed by atoms with Crippen molar-refractivity contribution >= 4 is 17.7 Å². The minimum atomic E-state index is -0.528. The topological polar surface area (TPSA) is 88.6 Å². The summed E-state index contributed by atoms with van der Waals surface area (Å²) in [4.78, 5) is 13.5. The molecule has 116 valence electrons. The standard InChI is InChI=1S/C13H21N5O3/c1-2-21-13(19)15-12-4-3-11(16-17-12)14-5-6-18-7-9-20-10-8-18/h3-4H,2,5-10H2,1H3,(H,14,16)(H,15,17,19). The van der Waals surface area contributed by atoms with Crippen molar-refractivity contribution < 1.29 is 14.3 Å². The fraction of sp³-hybridized carbons (Fsp3) is 0.615. The zero-order valence-electron chi connectivity index (χ0n) is 12.2. The number of carbonyl (C=O) groups excluding carboxylic acids is 1. The molecule has 2 N–H and O–H groups in total. The van der Waals surface area contributed by atoms with Gasteiger partial charge in [-0.15, -0.1) is 10.2 Å². The maximum Gasteiger partial charge on any atom is 0.412 e. The van der Waals surface area contributed by atoms with Crippen molar-refractivity contribution in [3.8, 4) is 0 Å². The normalized spacial score (nSPS) is 15.5. The van der Waals surface area contributed by atoms with Crippen LogP contribution in [-0.4, -0.2) is 67.2 Å². The van der Waals surface area contributed by atoms with E-state index in [9.17, 15) is 4.79 Å². The number of carbonyl (C=O) groups is 1. The summed E-state index contributed by atoms with van der Waals surface area (Å²) in [6.07, 6.45) is -0.528. The molecular formula is C13H21N5O3. The smallest absolute Gasteiger partial charge is 0.412 e. The van der Waals surface area contributed by atoms with Crippen LogP contribution in [0.4, 0.5) is 16.4 Å². The maximum absolute atomic E-state index is 11.2. The summed E-state index contributed by atoms with van der Waals surface area (Å²) in [6.45, 7) is 7.33. The first kappa shape index (κ1) is 15.5. The Labute approximate surface area is 123 Å². The van der Waals surface area contributed by atoms with Crippen molar-refractivity contribution in [2.24, 2.45) is 0 Å². The average molecular weight is 295 g/mol. The SMILES string of the molecule is CCOC(=O)Nc1ccc(NCCN2CCOCC2)nn1. The van der Waals surface area contributed by atoms with Crippen LogP contribution in [0.5, 0.6) is 0 Å². The van der Waals surface area contributed by atoms with E-state index in [1.165, 1.54) is 0 Å². The van der Waals surface area contributed by atoms with Gasteiger partial charge in [0.05, 0.1) is 19.8 Å². The summed E-state index contributed by atoms with van der Waals surface area (Å²) in [5, 5.41) is 13.6. The summed E-state index contributed by atoms with van der Waals surface area (Å²) in [6, 6.07) is 3.45. The Morgan fingerprint density at radius 2 is 2.05 bits per heavy atom. The molecule has 1 aliphatic heterocycles. The van der Waals surface area contributed by atoms with Crippen molar-refractivity contribution in [3.05, 3.63) is 12.1 Å². The molecule has 2 heterocycles. The van der Waals surface area contributed by atoms with E-state index in [0.717, 1.165) is 39.4 Å². The highest BCUT2D eigenvalue weighted by Gasteiger charge is 2.09. The summed E-state index contributed by atoms with van der Waals surface area (Å²) in [5.41, 5.74) is 0. The van der Waals surface area contributed by atoms with Gasteiger partial charge in [-0.2, -0.15) is 0 Å². The third-order valence-electron chi connectivity index (χ3n) is 3.01. The van der Waals surface area contributed by atoms with Gasteiger partial charge in [-0.25, -0.2) is 4.79 Å². The molecule has 8 nitrogen and oxygen atoms in total. The molecule has 0 aromatic carbocycles. The Balaban J connectivity index is 1.70. The lowest BCUT2D eigenvalue weighted by atomic mass is 10.4. The molecule has 8 heteroatoms. The highest BCUT2D eigenvalue weighted by molar-refractivity contribution is 5.83. The predicted octanol–water partition coefficient (Wildman–Crippen LogP) is 0.789. The van der Waals surface area contributed by atoms with Gasteiger partial charge in [-0.3, -0.25) is 10.2 Å². The number of nitrogens with zero attached hydrogens (tertiary/aromatic N) is 3. The maximum atomic E-state index is 11.2. The van der Waals surface area contributed by atoms with Crippen molar-refractivity contribution in [2.75, 3.05) is 56.6 Å². The van der Waals surface area contributed by atoms with Gasteiger partial charge in [-0.05, 0) is 19.1 Å². The van der Waals surface area contributed by atoms with Crippen LogP contribution in [0.3, 0.4) is 0 Å². The molecule has 0 spiro atoms. The van der Waals surface area contributed by atoms with Gasteiger partial charge >= 0.3 is 6.09 Å². The fourth-order valence-electron chi connectivity index (χ4n) is 1.93. The molecule has 0 aliphatic carbocycles. The monoisotopic (exact) mass is 295 g/mol. The Kier molecular flexibility index (Phi) is 6.17. The number of anilines is 2. The number of morpholine rings is 1. The van der Waals surface area contributed by atoms with Crippen LogP contribution in [0.2, 0.25) is 0 Å². The van der Waals surface area contributed by atoms with E-state index in [0.29, 0.717) is 18.2 Å². The number of hydrogen-bond acceptors (Lipinski definition) is 7. The molecule has 0 atom stereocenters. The number of aromatic nitrogens is 2. The lowest BCUT2D eigenvalue weighted by Gasteiger charge is -2.26. The fourth-order valence-corrected chi connectivity index (χ4v) is 1.93. The van der Waals surface area contributed by atoms with Gasteiger partial charge in [-0.1, -0.05) is 0 Å². The zero-order valence-corrected chi connectivity index (χ0v) is 12.2. The van der Waals surface area contributed by atoms with Gasteiger partial charge in [0.25, 0.3) is 0 Å². The Bertz CT molecular complexity index is 434. The van der Waals surface area contributed by atoms with E-state index in [2.05, 4.69) is 25.7 Å². The van der Waals surface area contributed by atoms with E-state index in [1.54, 1.807) is 19.1 Å². The lowest BCUT2D eigenvalue weighted by molar-refractivity contribution is 0.0398. The number of ether oxygens (including phenoxy) is 2. The first-order valence-electron chi connectivity index (χ1n) is 7.09. The molecule has 0 saturated carbocycles. The van der Waals surface area contributed by atoms with Crippen LogP contribution < -0.4 is 10.6 Å². The lowest BCUT2D eigenvalue weighted by Crippen LogP contribution is -2.39. The second-order valence-electron chi connectivity index (χ2n) is 4.53. The molecule has 0 bridgehead atoms. The van der Waals surface area contributed by atoms with E-state index >= 15 is 0 Å². The minimum absolute atomic E-state index is 0.320. The third kappa shape index (κ3) is 5.52. The van der Waals surface area contributed by atoms with Crippen LogP contribution in [0, 0.1) is 0 Å². The van der Waals surface area contributed by atoms with Crippen LogP contribution in [0.25, 0.3) is 0 Å². The molecule has 1 aliphatic rings. The quantitative estimate of drug-likeness (QED) is 0.802. The summed E-state index contributed by atoms with van der Waals surface area (Å²) >= 11 is 0. The van der Waals surface area contributed by atoms with E-state index < -0.39 is 6.09 Å². The Morgan fingerprint density at radius 3 is 2.71 bits per heavy atom. The highest BCUT2D eigenvalue weighted by Crippen LogP contribution is 2.06. The number of amides is 1. The van der Waals surface area contributed by atoms with Gasteiger partial charge < -0.3 is 14.8 Å². The van der Waals surface area contributed by atoms with E-state index in [-0.39, 0.29) is 0 Å². The first-order chi connectivity index (χ1) is 10.3. The predicted molar refractivity (Wildman–Crippen MR) is 78.4 cm³/mol. The molecular weight excluding hydrogens is 274 g/mol. The summed E-state index contributed by atoms with van der Waals surface area (Å²) in [5.74, 6) is 1.05. The van der Waals surface area contributed by atoms with E-state index in [4.69, 9.17) is 9.47 Å². The number of hydrogen-bond donors (Lipinski definition) is 2. The molecule has 21 heavy (non-hydrogen) atoms. The Hall–Kier alpha value is -1.93. The molecule has 0 unspecified atom stereocenters. The van der Waals surface area contributed by atoms with Crippen LogP contribution >= 0.6 is 0 Å². The second-order valence-corrected chi connectivity index (χ2v) is 4.53. The number of nitrogens with one attached hydrogen (secondary N) is 2. The number of rotatable bonds is 6. The van der Waals surface area contributed by atoms with Crippen molar-refractivity contribution in [3.63, 3.8) is 0 Å². The summed E-state index contributed by atoms with van der Waals surface area (Å²) < 4.78 is 10.1. The summed E-state index contributed by atoms with van der Waals surface area (Å²) in [7, 11) is 0.